The van der Waals surface area contributed by atoms with Gasteiger partial charge in [-0.3, -0.25) is 0 Å². The number of alkyl halides is 1. The van der Waals surface area contributed by atoms with Gasteiger partial charge in [0.05, 0.1) is 4.90 Å². The predicted octanol–water partition coefficient (Wildman–Crippen LogP) is 3.57. The molecule has 0 aliphatic carbocycles. The average molecular weight is 355 g/mol. The molecule has 18 heavy (non-hydrogen) atoms. The molecule has 0 aliphatic rings. The van der Waals surface area contributed by atoms with E-state index in [-0.39, 0.29) is 4.90 Å². The predicted molar refractivity (Wildman–Crippen MR) is 78.9 cm³/mol. The standard InChI is InChI=1S/C12H17BrClNO2S/c1-3-12(4-2,9-13)15-18(16,17)11-7-5-6-10(14)8-11/h5-8,15H,3-4,9H2,1-2H3. The van der Waals surface area contributed by atoms with Crippen LogP contribution in [0.2, 0.25) is 5.02 Å². The number of sulfonamides is 1. The molecule has 1 N–H and O–H groups in total. The van der Waals surface area contributed by atoms with Crippen LogP contribution >= 0.6 is 27.5 Å². The molecule has 0 unspecified atom stereocenters. The second kappa shape index (κ2) is 6.37. The molecule has 0 saturated heterocycles. The molecule has 3 nitrogen and oxygen atoms in total. The van der Waals surface area contributed by atoms with Gasteiger partial charge in [0.25, 0.3) is 0 Å². The fourth-order valence-corrected chi connectivity index (χ4v) is 4.55. The molecule has 0 aromatic heterocycles. The van der Waals surface area contributed by atoms with Crippen molar-refractivity contribution in [2.24, 2.45) is 0 Å². The number of nitrogens with one attached hydrogen (secondary N) is 1. The van der Waals surface area contributed by atoms with E-state index in [4.69, 9.17) is 11.6 Å². The van der Waals surface area contributed by atoms with Gasteiger partial charge in [0.15, 0.2) is 0 Å². The number of hydrogen-bond acceptors (Lipinski definition) is 2. The Morgan fingerprint density at radius 1 is 1.33 bits per heavy atom. The third-order valence-electron chi connectivity index (χ3n) is 3.07. The van der Waals surface area contributed by atoms with Crippen LogP contribution < -0.4 is 4.72 Å². The van der Waals surface area contributed by atoms with E-state index in [0.29, 0.717) is 23.2 Å². The van der Waals surface area contributed by atoms with E-state index in [1.165, 1.54) is 6.07 Å². The van der Waals surface area contributed by atoms with Crippen LogP contribution in [0.3, 0.4) is 0 Å². The lowest BCUT2D eigenvalue weighted by Gasteiger charge is -2.30. The fourth-order valence-electron chi connectivity index (χ4n) is 1.59. The van der Waals surface area contributed by atoms with Crippen LogP contribution in [0.15, 0.2) is 29.2 Å². The van der Waals surface area contributed by atoms with Crippen molar-refractivity contribution < 1.29 is 8.42 Å². The number of benzene rings is 1. The first-order valence-electron chi connectivity index (χ1n) is 5.74. The molecule has 0 aliphatic heterocycles. The molecular weight excluding hydrogens is 338 g/mol. The molecule has 0 spiro atoms. The lowest BCUT2D eigenvalue weighted by Crippen LogP contribution is -2.48. The van der Waals surface area contributed by atoms with Crippen molar-refractivity contribution in [3.05, 3.63) is 29.3 Å². The smallest absolute Gasteiger partial charge is 0.207 e. The Hall–Kier alpha value is -0.100. The summed E-state index contributed by atoms with van der Waals surface area (Å²) < 4.78 is 27.3. The summed E-state index contributed by atoms with van der Waals surface area (Å²) in [6.07, 6.45) is 1.43. The molecule has 0 bridgehead atoms. The summed E-state index contributed by atoms with van der Waals surface area (Å²) >= 11 is 9.20. The van der Waals surface area contributed by atoms with Gasteiger partial charge >= 0.3 is 0 Å². The fraction of sp³-hybridized carbons (Fsp3) is 0.500. The van der Waals surface area contributed by atoms with E-state index in [9.17, 15) is 8.42 Å². The van der Waals surface area contributed by atoms with E-state index in [0.717, 1.165) is 0 Å². The molecule has 102 valence electrons. The van der Waals surface area contributed by atoms with Crippen LogP contribution in [0.4, 0.5) is 0 Å². The molecule has 1 rings (SSSR count). The molecule has 6 heteroatoms. The monoisotopic (exact) mass is 353 g/mol. The maximum absolute atomic E-state index is 12.3. The van der Waals surface area contributed by atoms with Gasteiger partial charge in [-0.2, -0.15) is 0 Å². The minimum Gasteiger partial charge on any atom is -0.207 e. The van der Waals surface area contributed by atoms with Gasteiger partial charge < -0.3 is 0 Å². The zero-order valence-corrected chi connectivity index (χ0v) is 13.6. The zero-order chi connectivity index (χ0) is 13.8. The summed E-state index contributed by atoms with van der Waals surface area (Å²) in [6.45, 7) is 3.93. The van der Waals surface area contributed by atoms with Gasteiger partial charge in [0.2, 0.25) is 10.0 Å². The molecule has 0 saturated carbocycles. The van der Waals surface area contributed by atoms with E-state index < -0.39 is 15.6 Å². The van der Waals surface area contributed by atoms with Gasteiger partial charge in [-0.1, -0.05) is 47.4 Å². The molecule has 0 atom stereocenters. The van der Waals surface area contributed by atoms with E-state index in [1.54, 1.807) is 18.2 Å². The minimum absolute atomic E-state index is 0.197. The second-order valence-corrected chi connectivity index (χ2v) is 6.86. The largest absolute Gasteiger partial charge is 0.241 e. The van der Waals surface area contributed by atoms with Crippen LogP contribution in [-0.4, -0.2) is 19.3 Å². The first-order chi connectivity index (χ1) is 8.39. The maximum atomic E-state index is 12.3. The van der Waals surface area contributed by atoms with Crippen LogP contribution in [0.5, 0.6) is 0 Å². The Labute approximate surface area is 122 Å². The summed E-state index contributed by atoms with van der Waals surface area (Å²) in [5, 5.41) is 0.989. The van der Waals surface area contributed by atoms with Crippen LogP contribution in [0.1, 0.15) is 26.7 Å². The van der Waals surface area contributed by atoms with Crippen LogP contribution in [-0.2, 0) is 10.0 Å². The summed E-state index contributed by atoms with van der Waals surface area (Å²) in [6, 6.07) is 6.27. The normalized spacial score (nSPS) is 12.7. The summed E-state index contributed by atoms with van der Waals surface area (Å²) in [4.78, 5) is 0.197. The molecule has 1 aromatic carbocycles. The highest BCUT2D eigenvalue weighted by Gasteiger charge is 2.31. The molecule has 0 radical (unpaired) electrons. The third kappa shape index (κ3) is 3.70. The second-order valence-electron chi connectivity index (χ2n) is 4.18. The van der Waals surface area contributed by atoms with Crippen LogP contribution in [0.25, 0.3) is 0 Å². The minimum atomic E-state index is -3.54. The third-order valence-corrected chi connectivity index (χ3v) is 5.95. The number of rotatable bonds is 6. The first-order valence-corrected chi connectivity index (χ1v) is 8.73. The summed E-state index contributed by atoms with van der Waals surface area (Å²) in [7, 11) is -3.54. The van der Waals surface area contributed by atoms with Crippen molar-refractivity contribution in [1.29, 1.82) is 0 Å². The van der Waals surface area contributed by atoms with Crippen LogP contribution in [0, 0.1) is 0 Å². The highest BCUT2D eigenvalue weighted by Crippen LogP contribution is 2.23. The Morgan fingerprint density at radius 3 is 2.39 bits per heavy atom. The molecule has 0 heterocycles. The topological polar surface area (TPSA) is 46.2 Å². The van der Waals surface area contributed by atoms with Gasteiger partial charge in [-0.05, 0) is 31.0 Å². The Morgan fingerprint density at radius 2 is 1.94 bits per heavy atom. The van der Waals surface area contributed by atoms with Crippen molar-refractivity contribution in [3.8, 4) is 0 Å². The van der Waals surface area contributed by atoms with E-state index in [2.05, 4.69) is 20.7 Å². The molecule has 0 amide bonds. The quantitative estimate of drug-likeness (QED) is 0.794. The molecular formula is C12H17BrClNO2S. The number of hydrogen-bond donors (Lipinski definition) is 1. The lowest BCUT2D eigenvalue weighted by molar-refractivity contribution is 0.398. The summed E-state index contributed by atoms with van der Waals surface area (Å²) in [5.41, 5.74) is -0.457. The highest BCUT2D eigenvalue weighted by molar-refractivity contribution is 9.09. The Balaban J connectivity index is 3.08. The van der Waals surface area contributed by atoms with Crippen molar-refractivity contribution in [1.82, 2.24) is 4.72 Å². The van der Waals surface area contributed by atoms with Crippen molar-refractivity contribution in [2.45, 2.75) is 37.1 Å². The van der Waals surface area contributed by atoms with Gasteiger partial charge in [-0.15, -0.1) is 0 Å². The van der Waals surface area contributed by atoms with Crippen molar-refractivity contribution in [2.75, 3.05) is 5.33 Å². The summed E-state index contributed by atoms with van der Waals surface area (Å²) in [5.74, 6) is 0. The van der Waals surface area contributed by atoms with Crippen molar-refractivity contribution in [3.63, 3.8) is 0 Å². The van der Waals surface area contributed by atoms with Gasteiger partial charge in [0, 0.05) is 15.9 Å². The highest BCUT2D eigenvalue weighted by atomic mass is 79.9. The lowest BCUT2D eigenvalue weighted by atomic mass is 9.97. The van der Waals surface area contributed by atoms with E-state index in [1.807, 2.05) is 13.8 Å². The first kappa shape index (κ1) is 16.0. The average Bonchev–Trinajstić information content (AvgIpc) is 2.36. The van der Waals surface area contributed by atoms with Crippen molar-refractivity contribution >= 4 is 37.6 Å². The zero-order valence-electron chi connectivity index (χ0n) is 10.4. The van der Waals surface area contributed by atoms with E-state index >= 15 is 0 Å². The molecule has 0 fully saturated rings. The maximum Gasteiger partial charge on any atom is 0.241 e. The van der Waals surface area contributed by atoms with Gasteiger partial charge in [-0.25, -0.2) is 13.1 Å². The molecule has 1 aromatic rings. The number of halogens is 2. The SMILES string of the molecule is CCC(CC)(CBr)NS(=O)(=O)c1cccc(Cl)c1. The Bertz CT molecular complexity index is 492. The van der Waals surface area contributed by atoms with Gasteiger partial charge in [0.1, 0.15) is 0 Å². The Kier molecular flexibility index (Phi) is 5.65.